The molecular weight excluding hydrogens is 346 g/mol. The first kappa shape index (κ1) is 15.0. The molecule has 0 aliphatic heterocycles. The summed E-state index contributed by atoms with van der Waals surface area (Å²) in [6.45, 7) is 1.65. The molecule has 0 fully saturated rings. The van der Waals surface area contributed by atoms with E-state index in [4.69, 9.17) is 16.0 Å². The maximum absolute atomic E-state index is 12.4. The first-order chi connectivity index (χ1) is 10.5. The fourth-order valence-electron chi connectivity index (χ4n) is 1.82. The lowest BCUT2D eigenvalue weighted by Crippen LogP contribution is -2.14. The Bertz CT molecular complexity index is 905. The second kappa shape index (κ2) is 5.71. The zero-order valence-electron chi connectivity index (χ0n) is 11.3. The Morgan fingerprint density at radius 2 is 2.14 bits per heavy atom. The summed E-state index contributed by atoms with van der Waals surface area (Å²) in [7, 11) is -3.77. The van der Waals surface area contributed by atoms with Crippen molar-refractivity contribution in [1.82, 2.24) is 9.36 Å². The van der Waals surface area contributed by atoms with Crippen LogP contribution < -0.4 is 4.72 Å². The number of benzene rings is 1. The molecule has 114 valence electrons. The van der Waals surface area contributed by atoms with Gasteiger partial charge in [0.25, 0.3) is 10.0 Å². The fraction of sp³-hybridized carbons (Fsp3) is 0.0769. The van der Waals surface area contributed by atoms with Gasteiger partial charge in [0.05, 0.1) is 16.7 Å². The van der Waals surface area contributed by atoms with Crippen LogP contribution >= 0.6 is 23.1 Å². The number of hydrogen-bond donors (Lipinski definition) is 1. The van der Waals surface area contributed by atoms with Gasteiger partial charge in [-0.25, -0.2) is 8.42 Å². The van der Waals surface area contributed by atoms with Crippen LogP contribution in [0.4, 0.5) is 5.13 Å². The van der Waals surface area contributed by atoms with Gasteiger partial charge in [-0.1, -0.05) is 17.7 Å². The quantitative estimate of drug-likeness (QED) is 0.773. The Balaban J connectivity index is 1.91. The third kappa shape index (κ3) is 2.85. The van der Waals surface area contributed by atoms with E-state index in [1.54, 1.807) is 25.1 Å². The largest absolute Gasteiger partial charge is 0.472 e. The lowest BCUT2D eigenvalue weighted by molar-refractivity contribution is 0.568. The molecule has 2 heterocycles. The van der Waals surface area contributed by atoms with E-state index in [9.17, 15) is 8.42 Å². The van der Waals surface area contributed by atoms with Gasteiger partial charge < -0.3 is 4.42 Å². The number of rotatable bonds is 4. The summed E-state index contributed by atoms with van der Waals surface area (Å²) in [5.74, 6) is 0.402. The predicted octanol–water partition coefficient (Wildman–Crippen LogP) is 3.56. The van der Waals surface area contributed by atoms with Gasteiger partial charge in [0.2, 0.25) is 5.13 Å². The van der Waals surface area contributed by atoms with E-state index in [-0.39, 0.29) is 10.0 Å². The number of furan rings is 1. The van der Waals surface area contributed by atoms with Crippen molar-refractivity contribution in [3.8, 4) is 11.4 Å². The molecule has 22 heavy (non-hydrogen) atoms. The van der Waals surface area contributed by atoms with Crippen LogP contribution in [0.5, 0.6) is 0 Å². The number of halogens is 1. The van der Waals surface area contributed by atoms with Crippen LogP contribution in [0.1, 0.15) is 5.56 Å². The highest BCUT2D eigenvalue weighted by molar-refractivity contribution is 7.93. The lowest BCUT2D eigenvalue weighted by Gasteiger charge is -2.08. The molecule has 0 amide bonds. The molecule has 0 spiro atoms. The van der Waals surface area contributed by atoms with E-state index >= 15 is 0 Å². The minimum atomic E-state index is -3.77. The molecule has 0 atom stereocenters. The molecule has 9 heteroatoms. The highest BCUT2D eigenvalue weighted by Gasteiger charge is 2.20. The average molecular weight is 356 g/mol. The molecular formula is C13H10ClN3O3S2. The molecule has 0 bridgehead atoms. The van der Waals surface area contributed by atoms with Crippen LogP contribution in [0, 0.1) is 6.92 Å². The summed E-state index contributed by atoms with van der Waals surface area (Å²) in [6.07, 6.45) is 2.98. The number of aromatic nitrogens is 2. The van der Waals surface area contributed by atoms with Crippen LogP contribution in [-0.4, -0.2) is 17.8 Å². The predicted molar refractivity (Wildman–Crippen MR) is 84.6 cm³/mol. The molecule has 0 aliphatic rings. The van der Waals surface area contributed by atoms with Gasteiger partial charge in [0.15, 0.2) is 5.82 Å². The lowest BCUT2D eigenvalue weighted by atomic mass is 10.2. The first-order valence-electron chi connectivity index (χ1n) is 6.11. The van der Waals surface area contributed by atoms with Crippen LogP contribution in [0.3, 0.4) is 0 Å². The average Bonchev–Trinajstić information content (AvgIpc) is 3.11. The summed E-state index contributed by atoms with van der Waals surface area (Å²) < 4.78 is 36.3. The topological polar surface area (TPSA) is 85.1 Å². The van der Waals surface area contributed by atoms with Crippen LogP contribution in [0.15, 0.2) is 46.1 Å². The summed E-state index contributed by atoms with van der Waals surface area (Å²) in [4.78, 5) is 4.25. The van der Waals surface area contributed by atoms with E-state index in [1.165, 1.54) is 18.6 Å². The smallest absolute Gasteiger partial charge is 0.264 e. The van der Waals surface area contributed by atoms with Gasteiger partial charge in [-0.05, 0) is 30.7 Å². The van der Waals surface area contributed by atoms with Crippen molar-refractivity contribution < 1.29 is 12.8 Å². The standard InChI is InChI=1S/C13H10ClN3O3S2/c1-8-10(14)3-2-4-11(8)22(18,19)17-13-15-12(16-21-13)9-5-6-20-7-9/h2-7H,1H3,(H,15,16,17). The van der Waals surface area contributed by atoms with Gasteiger partial charge >= 0.3 is 0 Å². The van der Waals surface area contributed by atoms with Gasteiger partial charge in [0.1, 0.15) is 6.26 Å². The van der Waals surface area contributed by atoms with Crippen LogP contribution in [0.25, 0.3) is 11.4 Å². The Labute approximate surface area is 136 Å². The van der Waals surface area contributed by atoms with E-state index in [1.807, 2.05) is 0 Å². The number of anilines is 1. The third-order valence-corrected chi connectivity index (χ3v) is 5.59. The summed E-state index contributed by atoms with van der Waals surface area (Å²) in [5, 5.41) is 0.565. The molecule has 3 aromatic rings. The Kier molecular flexibility index (Phi) is 3.90. The fourth-order valence-corrected chi connectivity index (χ4v) is 4.13. The second-order valence-corrected chi connectivity index (χ2v) is 7.21. The minimum Gasteiger partial charge on any atom is -0.472 e. The number of nitrogens with one attached hydrogen (secondary N) is 1. The maximum atomic E-state index is 12.4. The highest BCUT2D eigenvalue weighted by Crippen LogP contribution is 2.27. The molecule has 0 aliphatic carbocycles. The molecule has 0 radical (unpaired) electrons. The third-order valence-electron chi connectivity index (χ3n) is 2.93. The van der Waals surface area contributed by atoms with E-state index in [2.05, 4.69) is 14.1 Å². The zero-order valence-corrected chi connectivity index (χ0v) is 13.7. The highest BCUT2D eigenvalue weighted by atomic mass is 35.5. The van der Waals surface area contributed by atoms with Crippen molar-refractivity contribution in [3.63, 3.8) is 0 Å². The normalized spacial score (nSPS) is 11.5. The molecule has 1 N–H and O–H groups in total. The van der Waals surface area contributed by atoms with Crippen molar-refractivity contribution in [2.75, 3.05) is 4.72 Å². The van der Waals surface area contributed by atoms with Crippen LogP contribution in [0.2, 0.25) is 5.02 Å². The molecule has 6 nitrogen and oxygen atoms in total. The molecule has 1 aromatic carbocycles. The van der Waals surface area contributed by atoms with E-state index in [0.29, 0.717) is 22.0 Å². The second-order valence-electron chi connectivity index (χ2n) is 4.40. The number of sulfonamides is 1. The Morgan fingerprint density at radius 3 is 2.86 bits per heavy atom. The van der Waals surface area contributed by atoms with E-state index in [0.717, 1.165) is 11.5 Å². The summed E-state index contributed by atoms with van der Waals surface area (Å²) in [6, 6.07) is 6.40. The molecule has 0 saturated heterocycles. The van der Waals surface area contributed by atoms with E-state index < -0.39 is 10.0 Å². The summed E-state index contributed by atoms with van der Waals surface area (Å²) in [5.41, 5.74) is 1.16. The first-order valence-corrected chi connectivity index (χ1v) is 8.75. The van der Waals surface area contributed by atoms with Crippen molar-refractivity contribution in [2.45, 2.75) is 11.8 Å². The Hall–Kier alpha value is -1.90. The van der Waals surface area contributed by atoms with Gasteiger partial charge in [0, 0.05) is 16.6 Å². The molecule has 0 unspecified atom stereocenters. The molecule has 2 aromatic heterocycles. The van der Waals surface area contributed by atoms with Crippen molar-refractivity contribution in [2.24, 2.45) is 0 Å². The SMILES string of the molecule is Cc1c(Cl)cccc1S(=O)(=O)Nc1nc(-c2ccoc2)ns1. The molecule has 3 rings (SSSR count). The monoisotopic (exact) mass is 355 g/mol. The number of nitrogens with zero attached hydrogens (tertiary/aromatic N) is 2. The van der Waals surface area contributed by atoms with Gasteiger partial charge in [-0.3, -0.25) is 4.72 Å². The van der Waals surface area contributed by atoms with Crippen molar-refractivity contribution >= 4 is 38.3 Å². The van der Waals surface area contributed by atoms with Gasteiger partial charge in [-0.2, -0.15) is 9.36 Å². The van der Waals surface area contributed by atoms with Crippen LogP contribution in [-0.2, 0) is 10.0 Å². The van der Waals surface area contributed by atoms with Crippen molar-refractivity contribution in [1.29, 1.82) is 0 Å². The number of hydrogen-bond acceptors (Lipinski definition) is 6. The van der Waals surface area contributed by atoms with Crippen molar-refractivity contribution in [3.05, 3.63) is 47.4 Å². The minimum absolute atomic E-state index is 0.111. The molecule has 0 saturated carbocycles. The Morgan fingerprint density at radius 1 is 1.32 bits per heavy atom. The summed E-state index contributed by atoms with van der Waals surface area (Å²) >= 11 is 6.92. The zero-order chi connectivity index (χ0) is 15.7. The van der Waals surface area contributed by atoms with Gasteiger partial charge in [-0.15, -0.1) is 0 Å². The maximum Gasteiger partial charge on any atom is 0.264 e.